The maximum atomic E-state index is 12.7. The predicted molar refractivity (Wildman–Crippen MR) is 41.7 cm³/mol. The van der Waals surface area contributed by atoms with Crippen LogP contribution in [0.15, 0.2) is 18.3 Å². The molecule has 0 amide bonds. The molecular weight excluding hydrogens is 162 g/mol. The van der Waals surface area contributed by atoms with Crippen molar-refractivity contribution in [1.82, 2.24) is 4.98 Å². The third kappa shape index (κ3) is 1.98. The minimum Gasteiger partial charge on any atom is -0.326 e. The van der Waals surface area contributed by atoms with E-state index in [1.54, 1.807) is 6.07 Å². The highest BCUT2D eigenvalue weighted by Gasteiger charge is 2.25. The Hall–Kier alpha value is -1.03. The molecule has 1 heterocycles. The molecule has 0 saturated carbocycles. The van der Waals surface area contributed by atoms with Crippen LogP contribution in [0.25, 0.3) is 0 Å². The van der Waals surface area contributed by atoms with Gasteiger partial charge in [-0.3, -0.25) is 4.98 Å². The lowest BCUT2D eigenvalue weighted by atomic mass is 10.2. The summed E-state index contributed by atoms with van der Waals surface area (Å²) in [5, 5.41) is 0. The lowest BCUT2D eigenvalue weighted by Crippen LogP contribution is -2.10. The Morgan fingerprint density at radius 3 is 2.75 bits per heavy atom. The molecule has 0 spiro atoms. The first-order valence-corrected chi connectivity index (χ1v) is 3.57. The molecule has 2 nitrogen and oxygen atoms in total. The predicted octanol–water partition coefficient (Wildman–Crippen LogP) is 1.65. The zero-order valence-electron chi connectivity index (χ0n) is 6.72. The third-order valence-electron chi connectivity index (χ3n) is 1.51. The molecule has 0 aromatic carbocycles. The average Bonchev–Trinajstić information content (AvgIpc) is 2.03. The van der Waals surface area contributed by atoms with E-state index in [-0.39, 0.29) is 12.2 Å². The lowest BCUT2D eigenvalue weighted by molar-refractivity contribution is 0.0127. The second-order valence-corrected chi connectivity index (χ2v) is 2.64. The highest BCUT2D eigenvalue weighted by molar-refractivity contribution is 5.18. The fourth-order valence-corrected chi connectivity index (χ4v) is 0.841. The van der Waals surface area contributed by atoms with Crippen LogP contribution in [0.4, 0.5) is 8.78 Å². The van der Waals surface area contributed by atoms with Crippen LogP contribution < -0.4 is 5.73 Å². The highest BCUT2D eigenvalue weighted by Crippen LogP contribution is 2.24. The quantitative estimate of drug-likeness (QED) is 0.736. The van der Waals surface area contributed by atoms with Crippen molar-refractivity contribution in [3.05, 3.63) is 29.6 Å². The molecule has 0 unspecified atom stereocenters. The van der Waals surface area contributed by atoms with Gasteiger partial charge in [-0.05, 0) is 17.7 Å². The zero-order chi connectivity index (χ0) is 9.19. The molecule has 2 N–H and O–H groups in total. The minimum atomic E-state index is -2.88. The Kier molecular flexibility index (Phi) is 2.38. The smallest absolute Gasteiger partial charge is 0.286 e. The number of pyridine rings is 1. The number of alkyl halides is 2. The molecule has 0 aliphatic heterocycles. The van der Waals surface area contributed by atoms with E-state index in [2.05, 4.69) is 4.98 Å². The van der Waals surface area contributed by atoms with E-state index in [9.17, 15) is 8.78 Å². The summed E-state index contributed by atoms with van der Waals surface area (Å²) in [7, 11) is 0. The number of aromatic nitrogens is 1. The van der Waals surface area contributed by atoms with Crippen molar-refractivity contribution in [3.8, 4) is 0 Å². The number of nitrogens with two attached hydrogens (primary N) is 1. The van der Waals surface area contributed by atoms with Crippen LogP contribution in [0, 0.1) is 0 Å². The summed E-state index contributed by atoms with van der Waals surface area (Å²) in [6.45, 7) is 1.07. The van der Waals surface area contributed by atoms with Crippen LogP contribution in [0.2, 0.25) is 0 Å². The van der Waals surface area contributed by atoms with Crippen LogP contribution in [0.5, 0.6) is 0 Å². The topological polar surface area (TPSA) is 38.9 Å². The zero-order valence-corrected chi connectivity index (χ0v) is 6.72. The molecule has 1 aromatic rings. The third-order valence-corrected chi connectivity index (χ3v) is 1.51. The molecular formula is C8H10F2N2. The monoisotopic (exact) mass is 172 g/mol. The van der Waals surface area contributed by atoms with Gasteiger partial charge in [-0.15, -0.1) is 0 Å². The Bertz CT molecular complexity index is 268. The van der Waals surface area contributed by atoms with Gasteiger partial charge in [0.1, 0.15) is 5.69 Å². The minimum absolute atomic E-state index is 0.231. The van der Waals surface area contributed by atoms with Gasteiger partial charge in [0.2, 0.25) is 0 Å². The van der Waals surface area contributed by atoms with Crippen LogP contribution in [0.3, 0.4) is 0 Å². The summed E-state index contributed by atoms with van der Waals surface area (Å²) in [5.74, 6) is -2.88. The van der Waals surface area contributed by atoms with E-state index >= 15 is 0 Å². The standard InChI is InChI=1S/C8H10F2N2/c1-8(9,10)7-4-6(5-11)2-3-12-7/h2-4H,5,11H2,1H3. The molecule has 1 rings (SSSR count). The number of hydrogen-bond donors (Lipinski definition) is 1. The van der Waals surface area contributed by atoms with Gasteiger partial charge in [-0.25, -0.2) is 0 Å². The fourth-order valence-electron chi connectivity index (χ4n) is 0.841. The Morgan fingerprint density at radius 1 is 1.58 bits per heavy atom. The van der Waals surface area contributed by atoms with Crippen molar-refractivity contribution in [2.24, 2.45) is 5.73 Å². The molecule has 0 fully saturated rings. The van der Waals surface area contributed by atoms with E-state index < -0.39 is 5.92 Å². The molecule has 0 aliphatic rings. The van der Waals surface area contributed by atoms with E-state index in [4.69, 9.17) is 5.73 Å². The van der Waals surface area contributed by atoms with E-state index in [1.165, 1.54) is 12.3 Å². The second kappa shape index (κ2) is 3.15. The first-order chi connectivity index (χ1) is 5.54. The maximum absolute atomic E-state index is 12.7. The second-order valence-electron chi connectivity index (χ2n) is 2.64. The number of rotatable bonds is 2. The van der Waals surface area contributed by atoms with Gasteiger partial charge >= 0.3 is 0 Å². The number of nitrogens with zero attached hydrogens (tertiary/aromatic N) is 1. The van der Waals surface area contributed by atoms with Crippen LogP contribution in [-0.2, 0) is 12.5 Å². The summed E-state index contributed by atoms with van der Waals surface area (Å²) < 4.78 is 25.3. The SMILES string of the molecule is CC(F)(F)c1cc(CN)ccn1. The first kappa shape index (κ1) is 9.06. The van der Waals surface area contributed by atoms with Gasteiger partial charge in [0.25, 0.3) is 5.92 Å². The van der Waals surface area contributed by atoms with Crippen molar-refractivity contribution in [3.63, 3.8) is 0 Å². The Labute approximate surface area is 69.4 Å². The summed E-state index contributed by atoms with van der Waals surface area (Å²) >= 11 is 0. The van der Waals surface area contributed by atoms with Crippen LogP contribution >= 0.6 is 0 Å². The van der Waals surface area contributed by atoms with Crippen LogP contribution in [-0.4, -0.2) is 4.98 Å². The first-order valence-electron chi connectivity index (χ1n) is 3.57. The molecule has 1 aromatic heterocycles. The molecule has 0 aliphatic carbocycles. The van der Waals surface area contributed by atoms with Crippen molar-refractivity contribution < 1.29 is 8.78 Å². The van der Waals surface area contributed by atoms with Crippen molar-refractivity contribution in [1.29, 1.82) is 0 Å². The summed E-state index contributed by atoms with van der Waals surface area (Å²) in [6.07, 6.45) is 1.34. The molecule has 12 heavy (non-hydrogen) atoms. The number of halogens is 2. The number of hydrogen-bond acceptors (Lipinski definition) is 2. The largest absolute Gasteiger partial charge is 0.326 e. The Morgan fingerprint density at radius 2 is 2.25 bits per heavy atom. The van der Waals surface area contributed by atoms with Crippen molar-refractivity contribution in [2.75, 3.05) is 0 Å². The molecule has 0 bridgehead atoms. The summed E-state index contributed by atoms with van der Waals surface area (Å²) in [6, 6.07) is 2.94. The van der Waals surface area contributed by atoms with Gasteiger partial charge in [0, 0.05) is 19.7 Å². The van der Waals surface area contributed by atoms with Crippen molar-refractivity contribution >= 4 is 0 Å². The van der Waals surface area contributed by atoms with Gasteiger partial charge in [0.15, 0.2) is 0 Å². The molecule has 66 valence electrons. The summed E-state index contributed by atoms with van der Waals surface area (Å²) in [5.41, 5.74) is 5.73. The van der Waals surface area contributed by atoms with Gasteiger partial charge in [0.05, 0.1) is 0 Å². The molecule has 0 atom stereocenters. The van der Waals surface area contributed by atoms with Gasteiger partial charge < -0.3 is 5.73 Å². The van der Waals surface area contributed by atoms with E-state index in [0.29, 0.717) is 5.56 Å². The normalized spacial score (nSPS) is 11.7. The average molecular weight is 172 g/mol. The van der Waals surface area contributed by atoms with E-state index in [0.717, 1.165) is 6.92 Å². The molecule has 0 saturated heterocycles. The van der Waals surface area contributed by atoms with Gasteiger partial charge in [-0.2, -0.15) is 8.78 Å². The lowest BCUT2D eigenvalue weighted by Gasteiger charge is -2.09. The highest BCUT2D eigenvalue weighted by atomic mass is 19.3. The maximum Gasteiger partial charge on any atom is 0.286 e. The molecule has 0 radical (unpaired) electrons. The van der Waals surface area contributed by atoms with Crippen LogP contribution in [0.1, 0.15) is 18.2 Å². The Balaban J connectivity index is 3.02. The van der Waals surface area contributed by atoms with Crippen molar-refractivity contribution in [2.45, 2.75) is 19.4 Å². The fraction of sp³-hybridized carbons (Fsp3) is 0.375. The van der Waals surface area contributed by atoms with Gasteiger partial charge in [-0.1, -0.05) is 0 Å². The summed E-state index contributed by atoms with van der Waals surface area (Å²) in [4.78, 5) is 3.55. The van der Waals surface area contributed by atoms with E-state index in [1.807, 2.05) is 0 Å². The molecule has 4 heteroatoms.